The maximum Gasteiger partial charge on any atom is 0.324 e. The van der Waals surface area contributed by atoms with E-state index in [1.165, 1.54) is 21.1 Å². The van der Waals surface area contributed by atoms with Gasteiger partial charge in [0.2, 0.25) is 0 Å². The molecule has 0 saturated carbocycles. The van der Waals surface area contributed by atoms with E-state index in [4.69, 9.17) is 14.2 Å². The van der Waals surface area contributed by atoms with Crippen molar-refractivity contribution >= 4 is 17.9 Å². The minimum atomic E-state index is -1.23. The van der Waals surface area contributed by atoms with Crippen molar-refractivity contribution in [1.82, 2.24) is 0 Å². The first-order valence-electron chi connectivity index (χ1n) is 7.60. The van der Waals surface area contributed by atoms with Crippen molar-refractivity contribution in [2.75, 3.05) is 14.2 Å². The Bertz CT molecular complexity index is 750. The number of esters is 3. The average Bonchev–Trinajstić information content (AvgIpc) is 2.89. The molecule has 0 saturated heterocycles. The maximum atomic E-state index is 12.7. The van der Waals surface area contributed by atoms with E-state index in [0.29, 0.717) is 17.5 Å². The standard InChI is InChI=1S/C18H18O6/c1-10(19)24-14-9-11-5-4-6-12-13(16(20)22-2)7-8-18(14,15(11)12)17(21)23-3/h4-8,13-14H,9H2,1-3H3/t13-,14+,18-/m0/s1. The molecule has 126 valence electrons. The van der Waals surface area contributed by atoms with Gasteiger partial charge in [-0.25, -0.2) is 0 Å². The van der Waals surface area contributed by atoms with E-state index in [2.05, 4.69) is 0 Å². The van der Waals surface area contributed by atoms with Gasteiger partial charge >= 0.3 is 17.9 Å². The molecule has 1 aromatic rings. The lowest BCUT2D eigenvalue weighted by atomic mass is 9.71. The van der Waals surface area contributed by atoms with Gasteiger partial charge in [-0.3, -0.25) is 14.4 Å². The second-order valence-electron chi connectivity index (χ2n) is 5.90. The molecule has 0 spiro atoms. The van der Waals surface area contributed by atoms with Crippen LogP contribution in [0.2, 0.25) is 0 Å². The van der Waals surface area contributed by atoms with Crippen molar-refractivity contribution in [2.24, 2.45) is 0 Å². The first-order valence-corrected chi connectivity index (χ1v) is 7.60. The zero-order valence-electron chi connectivity index (χ0n) is 13.7. The third-order valence-corrected chi connectivity index (χ3v) is 4.68. The fraction of sp³-hybridized carbons (Fsp3) is 0.389. The summed E-state index contributed by atoms with van der Waals surface area (Å²) in [5.74, 6) is -1.99. The molecule has 0 bridgehead atoms. The first kappa shape index (κ1) is 16.2. The molecule has 2 aliphatic carbocycles. The number of benzene rings is 1. The molecule has 3 rings (SSSR count). The van der Waals surface area contributed by atoms with Crippen molar-refractivity contribution in [3.05, 3.63) is 47.0 Å². The molecule has 0 aromatic heterocycles. The first-order chi connectivity index (χ1) is 11.5. The highest BCUT2D eigenvalue weighted by Gasteiger charge is 2.57. The molecule has 0 radical (unpaired) electrons. The highest BCUT2D eigenvalue weighted by atomic mass is 16.6. The fourth-order valence-corrected chi connectivity index (χ4v) is 3.76. The maximum absolute atomic E-state index is 12.7. The van der Waals surface area contributed by atoms with Crippen LogP contribution in [0, 0.1) is 0 Å². The molecule has 0 amide bonds. The van der Waals surface area contributed by atoms with Crippen molar-refractivity contribution < 1.29 is 28.6 Å². The number of carbonyl (C=O) groups excluding carboxylic acids is 3. The summed E-state index contributed by atoms with van der Waals surface area (Å²) in [4.78, 5) is 36.3. The molecule has 0 fully saturated rings. The van der Waals surface area contributed by atoms with Gasteiger partial charge in [0.25, 0.3) is 0 Å². The van der Waals surface area contributed by atoms with Crippen LogP contribution in [0.3, 0.4) is 0 Å². The highest BCUT2D eigenvalue weighted by Crippen LogP contribution is 2.49. The predicted molar refractivity (Wildman–Crippen MR) is 83.3 cm³/mol. The minimum Gasteiger partial charge on any atom is -0.468 e. The van der Waals surface area contributed by atoms with E-state index in [-0.39, 0.29) is 0 Å². The number of carbonyl (C=O) groups is 3. The van der Waals surface area contributed by atoms with Crippen LogP contribution in [0.4, 0.5) is 0 Å². The number of ether oxygens (including phenoxy) is 3. The van der Waals surface area contributed by atoms with Crippen LogP contribution in [-0.4, -0.2) is 38.2 Å². The van der Waals surface area contributed by atoms with Gasteiger partial charge in [0.1, 0.15) is 17.4 Å². The van der Waals surface area contributed by atoms with Crippen LogP contribution in [0.5, 0.6) is 0 Å². The average molecular weight is 330 g/mol. The van der Waals surface area contributed by atoms with Gasteiger partial charge in [0, 0.05) is 13.3 Å². The normalized spacial score (nSPS) is 26.5. The molecular formula is C18H18O6. The van der Waals surface area contributed by atoms with Crippen LogP contribution in [0.1, 0.15) is 29.5 Å². The van der Waals surface area contributed by atoms with Crippen molar-refractivity contribution in [3.63, 3.8) is 0 Å². The lowest BCUT2D eigenvalue weighted by molar-refractivity contribution is -0.158. The van der Waals surface area contributed by atoms with Crippen LogP contribution >= 0.6 is 0 Å². The Hall–Kier alpha value is -2.63. The summed E-state index contributed by atoms with van der Waals surface area (Å²) in [6, 6.07) is 5.48. The molecule has 0 unspecified atom stereocenters. The Morgan fingerprint density at radius 3 is 2.54 bits per heavy atom. The van der Waals surface area contributed by atoms with Gasteiger partial charge in [-0.15, -0.1) is 0 Å². The summed E-state index contributed by atoms with van der Waals surface area (Å²) in [5.41, 5.74) is 1.00. The van der Waals surface area contributed by atoms with Crippen molar-refractivity contribution in [1.29, 1.82) is 0 Å². The summed E-state index contributed by atoms with van der Waals surface area (Å²) in [7, 11) is 2.62. The van der Waals surface area contributed by atoms with Crippen LogP contribution in [0.15, 0.2) is 30.4 Å². The van der Waals surface area contributed by atoms with Gasteiger partial charge in [0.05, 0.1) is 14.2 Å². The quantitative estimate of drug-likeness (QED) is 0.474. The highest BCUT2D eigenvalue weighted by molar-refractivity contribution is 5.93. The lowest BCUT2D eigenvalue weighted by Gasteiger charge is -2.35. The molecule has 0 N–H and O–H groups in total. The van der Waals surface area contributed by atoms with E-state index in [1.54, 1.807) is 18.2 Å². The number of rotatable bonds is 3. The van der Waals surface area contributed by atoms with E-state index in [0.717, 1.165) is 5.56 Å². The molecule has 2 aliphatic rings. The monoisotopic (exact) mass is 330 g/mol. The summed E-state index contributed by atoms with van der Waals surface area (Å²) in [6.45, 7) is 1.30. The topological polar surface area (TPSA) is 78.9 Å². The molecule has 1 aromatic carbocycles. The second kappa shape index (κ2) is 5.78. The summed E-state index contributed by atoms with van der Waals surface area (Å²) < 4.78 is 15.3. The van der Waals surface area contributed by atoms with Gasteiger partial charge in [-0.1, -0.05) is 30.4 Å². The number of hydrogen-bond acceptors (Lipinski definition) is 6. The molecule has 0 heterocycles. The van der Waals surface area contributed by atoms with Crippen molar-refractivity contribution in [3.8, 4) is 0 Å². The van der Waals surface area contributed by atoms with E-state index in [9.17, 15) is 14.4 Å². The number of hydrogen-bond donors (Lipinski definition) is 0. The van der Waals surface area contributed by atoms with E-state index < -0.39 is 35.3 Å². The molecule has 3 atom stereocenters. The molecule has 24 heavy (non-hydrogen) atoms. The smallest absolute Gasteiger partial charge is 0.324 e. The minimum absolute atomic E-state index is 0.385. The van der Waals surface area contributed by atoms with E-state index >= 15 is 0 Å². The van der Waals surface area contributed by atoms with Gasteiger partial charge < -0.3 is 14.2 Å². The Labute approximate surface area is 139 Å². The van der Waals surface area contributed by atoms with E-state index in [1.807, 2.05) is 12.1 Å². The Kier molecular flexibility index (Phi) is 3.91. The second-order valence-corrected chi connectivity index (χ2v) is 5.90. The van der Waals surface area contributed by atoms with Gasteiger partial charge in [0.15, 0.2) is 0 Å². The molecule has 0 aliphatic heterocycles. The summed E-state index contributed by atoms with van der Waals surface area (Å²) in [5, 5.41) is 0. The largest absolute Gasteiger partial charge is 0.468 e. The van der Waals surface area contributed by atoms with Crippen LogP contribution in [-0.2, 0) is 40.4 Å². The van der Waals surface area contributed by atoms with Gasteiger partial charge in [-0.05, 0) is 16.7 Å². The zero-order chi connectivity index (χ0) is 17.5. The third-order valence-electron chi connectivity index (χ3n) is 4.68. The molecule has 6 heteroatoms. The van der Waals surface area contributed by atoms with Crippen LogP contribution < -0.4 is 0 Å². The molecular weight excluding hydrogens is 312 g/mol. The summed E-state index contributed by atoms with van der Waals surface area (Å²) in [6.07, 6.45) is 2.92. The Morgan fingerprint density at radius 2 is 1.92 bits per heavy atom. The zero-order valence-corrected chi connectivity index (χ0v) is 13.7. The number of methoxy groups -OCH3 is 2. The predicted octanol–water partition coefficient (Wildman–Crippen LogP) is 1.41. The fourth-order valence-electron chi connectivity index (χ4n) is 3.76. The lowest BCUT2D eigenvalue weighted by Crippen LogP contribution is -2.47. The van der Waals surface area contributed by atoms with Crippen LogP contribution in [0.25, 0.3) is 0 Å². The third kappa shape index (κ3) is 2.13. The molecule has 6 nitrogen and oxygen atoms in total. The SMILES string of the molecule is COC(=O)[C@H]1C=C[C@@]2(C(=O)OC)c3c(cccc31)C[C@H]2OC(C)=O. The Balaban J connectivity index is 2.22. The van der Waals surface area contributed by atoms with Gasteiger partial charge in [-0.2, -0.15) is 0 Å². The summed E-state index contributed by atoms with van der Waals surface area (Å²) >= 11 is 0. The Morgan fingerprint density at radius 1 is 1.17 bits per heavy atom. The van der Waals surface area contributed by atoms with Crippen molar-refractivity contribution in [2.45, 2.75) is 30.8 Å².